The summed E-state index contributed by atoms with van der Waals surface area (Å²) in [6.45, 7) is -1.52. The molecule has 0 saturated carbocycles. The van der Waals surface area contributed by atoms with Crippen LogP contribution in [0.5, 0.6) is 6.01 Å². The predicted octanol–water partition coefficient (Wildman–Crippen LogP) is 1.05. The van der Waals surface area contributed by atoms with Crippen molar-refractivity contribution < 1.29 is 17.9 Å². The summed E-state index contributed by atoms with van der Waals surface area (Å²) in [6.07, 6.45) is -2.04. The summed E-state index contributed by atoms with van der Waals surface area (Å²) in [5.41, 5.74) is 0. The zero-order chi connectivity index (χ0) is 13.2. The van der Waals surface area contributed by atoms with E-state index in [1.807, 2.05) is 0 Å². The normalized spacial score (nSPS) is 11.6. The van der Waals surface area contributed by atoms with E-state index in [9.17, 15) is 13.2 Å². The van der Waals surface area contributed by atoms with Crippen molar-refractivity contribution in [2.45, 2.75) is 6.18 Å². The van der Waals surface area contributed by atoms with Gasteiger partial charge >= 0.3 is 12.2 Å². The van der Waals surface area contributed by atoms with Crippen molar-refractivity contribution >= 4 is 11.6 Å². The Kier molecular flexibility index (Phi) is 3.28. The Labute approximate surface area is 103 Å². The number of ether oxygens (including phenoxy) is 1. The standard InChI is InChI=1S/C7H4ClF3N6O/c8-4-14-5(17-3-12-2-13-17)16-6(15-4)18-1-7(9,10)11/h2-3H,1H2. The quantitative estimate of drug-likeness (QED) is 0.836. The van der Waals surface area contributed by atoms with Gasteiger partial charge in [0.05, 0.1) is 0 Å². The fourth-order valence-corrected chi connectivity index (χ4v) is 1.09. The van der Waals surface area contributed by atoms with Gasteiger partial charge in [0.1, 0.15) is 12.7 Å². The molecule has 0 aromatic carbocycles. The van der Waals surface area contributed by atoms with E-state index in [1.165, 1.54) is 12.7 Å². The fraction of sp³-hybridized carbons (Fsp3) is 0.286. The molecular weight excluding hydrogens is 277 g/mol. The average molecular weight is 281 g/mol. The van der Waals surface area contributed by atoms with Crippen LogP contribution < -0.4 is 4.74 Å². The van der Waals surface area contributed by atoms with Crippen molar-refractivity contribution in [1.82, 2.24) is 29.7 Å². The van der Waals surface area contributed by atoms with Gasteiger partial charge in [-0.3, -0.25) is 0 Å². The van der Waals surface area contributed by atoms with Crippen LogP contribution in [-0.4, -0.2) is 42.5 Å². The van der Waals surface area contributed by atoms with Crippen LogP contribution in [0.1, 0.15) is 0 Å². The highest BCUT2D eigenvalue weighted by molar-refractivity contribution is 6.28. The Hall–Kier alpha value is -1.97. The molecule has 0 atom stereocenters. The third-order valence-electron chi connectivity index (χ3n) is 1.56. The van der Waals surface area contributed by atoms with Gasteiger partial charge in [-0.15, -0.1) is 0 Å². The maximum atomic E-state index is 12.0. The molecule has 0 aliphatic heterocycles. The molecule has 2 rings (SSSR count). The van der Waals surface area contributed by atoms with E-state index in [1.54, 1.807) is 0 Å². The van der Waals surface area contributed by atoms with Crippen LogP contribution in [-0.2, 0) is 0 Å². The molecule has 0 aliphatic rings. The van der Waals surface area contributed by atoms with E-state index >= 15 is 0 Å². The molecule has 0 aliphatic carbocycles. The summed E-state index contributed by atoms with van der Waals surface area (Å²) in [5, 5.41) is 3.38. The first-order valence-corrected chi connectivity index (χ1v) is 4.78. The second-order valence-electron chi connectivity index (χ2n) is 2.93. The molecule has 0 bridgehead atoms. The van der Waals surface area contributed by atoms with Crippen molar-refractivity contribution in [2.24, 2.45) is 0 Å². The molecule has 0 N–H and O–H groups in total. The lowest BCUT2D eigenvalue weighted by molar-refractivity contribution is -0.154. The molecular formula is C7H4ClF3N6O. The molecule has 0 radical (unpaired) electrons. The van der Waals surface area contributed by atoms with Gasteiger partial charge in [-0.05, 0) is 11.6 Å². The minimum absolute atomic E-state index is 0.0929. The van der Waals surface area contributed by atoms with Crippen LogP contribution in [0.25, 0.3) is 5.95 Å². The Balaban J connectivity index is 2.22. The Morgan fingerprint density at radius 1 is 1.28 bits per heavy atom. The Bertz CT molecular complexity index is 530. The predicted molar refractivity (Wildman–Crippen MR) is 51.3 cm³/mol. The second-order valence-corrected chi connectivity index (χ2v) is 3.27. The lowest BCUT2D eigenvalue weighted by Crippen LogP contribution is -2.20. The number of alkyl halides is 3. The number of hydrogen-bond acceptors (Lipinski definition) is 6. The molecule has 0 fully saturated rings. The Morgan fingerprint density at radius 2 is 2.06 bits per heavy atom. The highest BCUT2D eigenvalue weighted by Crippen LogP contribution is 2.17. The lowest BCUT2D eigenvalue weighted by Gasteiger charge is -2.08. The molecule has 2 aromatic rings. The molecule has 18 heavy (non-hydrogen) atoms. The molecule has 0 saturated heterocycles. The van der Waals surface area contributed by atoms with Crippen molar-refractivity contribution in [2.75, 3.05) is 6.61 Å². The molecule has 0 amide bonds. The first kappa shape index (κ1) is 12.5. The third-order valence-corrected chi connectivity index (χ3v) is 1.73. The number of aromatic nitrogens is 6. The molecule has 0 spiro atoms. The van der Waals surface area contributed by atoms with E-state index in [0.717, 1.165) is 4.68 Å². The third kappa shape index (κ3) is 3.26. The molecule has 0 unspecified atom stereocenters. The van der Waals surface area contributed by atoms with Crippen LogP contribution in [0.4, 0.5) is 13.2 Å². The lowest BCUT2D eigenvalue weighted by atomic mass is 10.7. The number of rotatable bonds is 3. The van der Waals surface area contributed by atoms with Gasteiger partial charge in [0, 0.05) is 0 Å². The maximum Gasteiger partial charge on any atom is 0.422 e. The SMILES string of the molecule is FC(F)(F)COc1nc(Cl)nc(-n2cncn2)n1. The van der Waals surface area contributed by atoms with Gasteiger partial charge in [0.2, 0.25) is 5.28 Å². The molecule has 96 valence electrons. The number of hydrogen-bond donors (Lipinski definition) is 0. The largest absolute Gasteiger partial charge is 0.454 e. The summed E-state index contributed by atoms with van der Waals surface area (Å²) in [6, 6.07) is -0.544. The first-order valence-electron chi connectivity index (χ1n) is 4.40. The number of halogens is 4. The maximum absolute atomic E-state index is 12.0. The highest BCUT2D eigenvalue weighted by atomic mass is 35.5. The minimum atomic E-state index is -4.49. The monoisotopic (exact) mass is 280 g/mol. The van der Waals surface area contributed by atoms with E-state index < -0.39 is 18.8 Å². The summed E-state index contributed by atoms with van der Waals surface area (Å²) in [5.74, 6) is -0.0929. The zero-order valence-electron chi connectivity index (χ0n) is 8.47. The van der Waals surface area contributed by atoms with Gasteiger partial charge in [0.15, 0.2) is 6.61 Å². The molecule has 7 nitrogen and oxygen atoms in total. The second kappa shape index (κ2) is 4.72. The summed E-state index contributed by atoms with van der Waals surface area (Å²) >= 11 is 5.53. The van der Waals surface area contributed by atoms with Crippen LogP contribution in [0.3, 0.4) is 0 Å². The Morgan fingerprint density at radius 3 is 2.67 bits per heavy atom. The molecule has 11 heteroatoms. The van der Waals surface area contributed by atoms with Gasteiger partial charge in [-0.1, -0.05) is 0 Å². The van der Waals surface area contributed by atoms with Gasteiger partial charge in [-0.25, -0.2) is 4.98 Å². The van der Waals surface area contributed by atoms with Crippen LogP contribution in [0.2, 0.25) is 5.28 Å². The van der Waals surface area contributed by atoms with Crippen LogP contribution >= 0.6 is 11.6 Å². The molecule has 2 heterocycles. The van der Waals surface area contributed by atoms with Crippen molar-refractivity contribution in [1.29, 1.82) is 0 Å². The van der Waals surface area contributed by atoms with Crippen molar-refractivity contribution in [3.63, 3.8) is 0 Å². The highest BCUT2D eigenvalue weighted by Gasteiger charge is 2.29. The van der Waals surface area contributed by atoms with E-state index in [0.29, 0.717) is 0 Å². The zero-order valence-corrected chi connectivity index (χ0v) is 9.22. The van der Waals surface area contributed by atoms with E-state index in [4.69, 9.17) is 11.6 Å². The van der Waals surface area contributed by atoms with Crippen molar-refractivity contribution in [3.8, 4) is 12.0 Å². The van der Waals surface area contributed by atoms with Gasteiger partial charge in [0.25, 0.3) is 5.95 Å². The topological polar surface area (TPSA) is 78.6 Å². The smallest absolute Gasteiger partial charge is 0.422 e. The summed E-state index contributed by atoms with van der Waals surface area (Å²) in [4.78, 5) is 14.3. The van der Waals surface area contributed by atoms with E-state index in [2.05, 4.69) is 29.8 Å². The van der Waals surface area contributed by atoms with Gasteiger partial charge < -0.3 is 4.74 Å². The summed E-state index contributed by atoms with van der Waals surface area (Å²) in [7, 11) is 0. The average Bonchev–Trinajstić information content (AvgIpc) is 2.78. The van der Waals surface area contributed by atoms with Crippen LogP contribution in [0.15, 0.2) is 12.7 Å². The minimum Gasteiger partial charge on any atom is -0.454 e. The van der Waals surface area contributed by atoms with Crippen LogP contribution in [0, 0.1) is 0 Å². The first-order chi connectivity index (χ1) is 8.44. The fourth-order valence-electron chi connectivity index (χ4n) is 0.947. The summed E-state index contributed by atoms with van der Waals surface area (Å²) < 4.78 is 41.3. The molecule has 2 aromatic heterocycles. The number of nitrogens with zero attached hydrogens (tertiary/aromatic N) is 6. The van der Waals surface area contributed by atoms with E-state index in [-0.39, 0.29) is 11.2 Å². The van der Waals surface area contributed by atoms with Crippen molar-refractivity contribution in [3.05, 3.63) is 17.9 Å². The van der Waals surface area contributed by atoms with Gasteiger partial charge in [-0.2, -0.15) is 37.9 Å².